The molecule has 1 aromatic rings. The van der Waals surface area contributed by atoms with Gasteiger partial charge < -0.3 is 44.7 Å². The third-order valence-corrected chi connectivity index (χ3v) is 8.76. The van der Waals surface area contributed by atoms with Crippen LogP contribution in [0.4, 0.5) is 0 Å². The second kappa shape index (κ2) is 17.8. The molecule has 13 nitrogen and oxygen atoms in total. The van der Waals surface area contributed by atoms with Crippen LogP contribution in [0.15, 0.2) is 24.3 Å². The summed E-state index contributed by atoms with van der Waals surface area (Å²) < 4.78 is 22.3. The van der Waals surface area contributed by atoms with Crippen molar-refractivity contribution in [3.8, 4) is 5.75 Å². The molecule has 2 aliphatic rings. The molecule has 2 fully saturated rings. The molecule has 2 saturated heterocycles. The fourth-order valence-electron chi connectivity index (χ4n) is 6.04. The monoisotopic (exact) mass is 636 g/mol. The number of aliphatic hydroxyl groups excluding tert-OH is 2. The molecule has 1 unspecified atom stereocenters. The predicted molar refractivity (Wildman–Crippen MR) is 166 cm³/mol. The van der Waals surface area contributed by atoms with E-state index in [0.717, 1.165) is 5.56 Å². The van der Waals surface area contributed by atoms with Gasteiger partial charge in [-0.05, 0) is 36.5 Å². The maximum Gasteiger partial charge on any atom is 0.247 e. The molecule has 0 aromatic heterocycles. The number of aliphatic hydroxyl groups is 2. The quantitative estimate of drug-likeness (QED) is 0.382. The van der Waals surface area contributed by atoms with Crippen LogP contribution in [-0.4, -0.2) is 140 Å². The van der Waals surface area contributed by atoms with E-state index in [9.17, 15) is 24.6 Å². The highest BCUT2D eigenvalue weighted by Gasteiger charge is 2.38. The zero-order valence-electron chi connectivity index (χ0n) is 27.3. The fourth-order valence-corrected chi connectivity index (χ4v) is 6.04. The van der Waals surface area contributed by atoms with Crippen LogP contribution >= 0.6 is 0 Å². The van der Waals surface area contributed by atoms with E-state index in [1.807, 2.05) is 34.1 Å². The number of amides is 3. The van der Waals surface area contributed by atoms with Crippen molar-refractivity contribution in [3.05, 3.63) is 29.8 Å². The molecule has 0 aliphatic carbocycles. The van der Waals surface area contributed by atoms with Gasteiger partial charge >= 0.3 is 0 Å². The van der Waals surface area contributed by atoms with E-state index in [-0.39, 0.29) is 63.0 Å². The highest BCUT2D eigenvalue weighted by atomic mass is 16.5. The molecule has 13 heteroatoms. The van der Waals surface area contributed by atoms with E-state index in [0.29, 0.717) is 38.3 Å². The Bertz CT molecular complexity index is 1110. The van der Waals surface area contributed by atoms with Crippen LogP contribution < -0.4 is 10.5 Å². The van der Waals surface area contributed by atoms with Crippen LogP contribution in [0.2, 0.25) is 0 Å². The van der Waals surface area contributed by atoms with Crippen molar-refractivity contribution in [2.75, 3.05) is 73.3 Å². The first-order valence-corrected chi connectivity index (χ1v) is 15.8. The molecule has 0 radical (unpaired) electrons. The number of hydrogen-bond acceptors (Lipinski definition) is 10. The summed E-state index contributed by atoms with van der Waals surface area (Å²) in [6, 6.07) is 7.17. The van der Waals surface area contributed by atoms with Crippen LogP contribution in [0.25, 0.3) is 0 Å². The van der Waals surface area contributed by atoms with Gasteiger partial charge in [0.15, 0.2) is 0 Å². The molecule has 0 bridgehead atoms. The minimum Gasteiger partial charge on any atom is -0.497 e. The van der Waals surface area contributed by atoms with Crippen LogP contribution in [0, 0.1) is 11.8 Å². The lowest BCUT2D eigenvalue weighted by Gasteiger charge is -2.43. The molecule has 2 heterocycles. The van der Waals surface area contributed by atoms with E-state index in [2.05, 4.69) is 13.8 Å². The maximum atomic E-state index is 14.3. The van der Waals surface area contributed by atoms with Gasteiger partial charge in [-0.3, -0.25) is 19.3 Å². The first kappa shape index (κ1) is 36.7. The van der Waals surface area contributed by atoms with E-state index in [4.69, 9.17) is 24.7 Å². The number of primary amides is 1. The van der Waals surface area contributed by atoms with Gasteiger partial charge in [0.05, 0.1) is 32.9 Å². The molecule has 3 amide bonds. The van der Waals surface area contributed by atoms with Crippen molar-refractivity contribution >= 4 is 17.7 Å². The first-order chi connectivity index (χ1) is 21.5. The summed E-state index contributed by atoms with van der Waals surface area (Å²) in [5.74, 6) is -0.504. The van der Waals surface area contributed by atoms with Gasteiger partial charge in [0.25, 0.3) is 0 Å². The number of ether oxygens (including phenoxy) is 4. The predicted octanol–water partition coefficient (Wildman–Crippen LogP) is 0.419. The average molecular weight is 637 g/mol. The smallest absolute Gasteiger partial charge is 0.247 e. The zero-order chi connectivity index (χ0) is 33.1. The Hall–Kier alpha value is -2.81. The number of nitrogens with zero attached hydrogens (tertiary/aromatic N) is 3. The summed E-state index contributed by atoms with van der Waals surface area (Å²) in [4.78, 5) is 44.6. The Labute approximate surface area is 266 Å². The first-order valence-electron chi connectivity index (χ1n) is 15.8. The Morgan fingerprint density at radius 1 is 1.07 bits per heavy atom. The molecule has 6 atom stereocenters. The Morgan fingerprint density at radius 3 is 2.47 bits per heavy atom. The lowest BCUT2D eigenvalue weighted by molar-refractivity contribution is -0.144. The molecule has 0 saturated carbocycles. The summed E-state index contributed by atoms with van der Waals surface area (Å²) >= 11 is 0. The third-order valence-electron chi connectivity index (χ3n) is 8.76. The van der Waals surface area contributed by atoms with Crippen molar-refractivity contribution in [2.24, 2.45) is 17.6 Å². The molecule has 45 heavy (non-hydrogen) atoms. The molecule has 2 aliphatic heterocycles. The van der Waals surface area contributed by atoms with E-state index in [1.165, 1.54) is 14.0 Å². The topological polar surface area (TPSA) is 164 Å². The number of morpholine rings is 1. The number of methoxy groups -OCH3 is 2. The molecule has 1 aromatic carbocycles. The average Bonchev–Trinajstić information content (AvgIpc) is 3.02. The number of carbonyl (C=O) groups excluding carboxylic acids is 3. The summed E-state index contributed by atoms with van der Waals surface area (Å²) in [5.41, 5.74) is 6.37. The number of rotatable bonds is 7. The fraction of sp³-hybridized carbons (Fsp3) is 0.719. The Morgan fingerprint density at radius 2 is 1.82 bits per heavy atom. The number of hydrogen-bond donors (Lipinski definition) is 3. The summed E-state index contributed by atoms with van der Waals surface area (Å²) in [6.45, 7) is 7.58. The Balaban J connectivity index is 2.08. The van der Waals surface area contributed by atoms with Crippen molar-refractivity contribution in [3.63, 3.8) is 0 Å². The SMILES string of the molecule is COc1cccc([C@@H]2[C@@H](C(C)C)CN(C(C)=O)C[C@H](OC)[C@@H](O)[C@@H](O)COCCCCN2C(=O)CN2CCOC(C(N)=O)C2)c1. The van der Waals surface area contributed by atoms with Gasteiger partial charge in [-0.1, -0.05) is 26.0 Å². The second-order valence-corrected chi connectivity index (χ2v) is 12.3. The van der Waals surface area contributed by atoms with Crippen molar-refractivity contribution in [1.82, 2.24) is 14.7 Å². The van der Waals surface area contributed by atoms with Gasteiger partial charge in [-0.25, -0.2) is 0 Å². The Kier molecular flexibility index (Phi) is 14.5. The molecule has 3 rings (SSSR count). The third kappa shape index (κ3) is 10.3. The molecule has 4 N–H and O–H groups in total. The number of benzene rings is 1. The highest BCUT2D eigenvalue weighted by molar-refractivity contribution is 5.80. The number of carbonyl (C=O) groups is 3. The van der Waals surface area contributed by atoms with Crippen molar-refractivity contribution in [2.45, 2.75) is 64.1 Å². The largest absolute Gasteiger partial charge is 0.497 e. The molecular formula is C32H52N4O9. The molecular weight excluding hydrogens is 584 g/mol. The van der Waals surface area contributed by atoms with Gasteiger partial charge in [-0.15, -0.1) is 0 Å². The highest BCUT2D eigenvalue weighted by Crippen LogP contribution is 2.37. The van der Waals surface area contributed by atoms with Crippen LogP contribution in [0.1, 0.15) is 45.2 Å². The van der Waals surface area contributed by atoms with Crippen molar-refractivity contribution in [1.29, 1.82) is 0 Å². The molecule has 0 spiro atoms. The van der Waals surface area contributed by atoms with Gasteiger partial charge in [0, 0.05) is 59.3 Å². The van der Waals surface area contributed by atoms with Crippen LogP contribution in [0.3, 0.4) is 0 Å². The van der Waals surface area contributed by atoms with Crippen LogP contribution in [-0.2, 0) is 28.6 Å². The molecule has 254 valence electrons. The summed E-state index contributed by atoms with van der Waals surface area (Å²) in [5, 5.41) is 21.5. The minimum absolute atomic E-state index is 0.0107. The van der Waals surface area contributed by atoms with Crippen molar-refractivity contribution < 1.29 is 43.5 Å². The lowest BCUT2D eigenvalue weighted by Crippen LogP contribution is -2.53. The normalized spacial score (nSPS) is 28.3. The van der Waals surface area contributed by atoms with E-state index >= 15 is 0 Å². The minimum atomic E-state index is -1.27. The van der Waals surface area contributed by atoms with Crippen LogP contribution in [0.5, 0.6) is 5.75 Å². The van der Waals surface area contributed by atoms with Gasteiger partial charge in [0.1, 0.15) is 30.2 Å². The standard InChI is InChI=1S/C32H52N4O9/c1-21(2)25-16-35(22(3)37)18-27(43-5)31(40)26(38)20-44-13-7-6-11-36(30(25)23-9-8-10-24(15-23)42-4)29(39)19-34-12-14-45-28(17-34)32(33)41/h8-10,15,21,25-28,30-31,38,40H,6-7,11-14,16-20H2,1-5H3,(H2,33,41)/t25-,26+,27+,28?,30-,31+/m1/s1. The maximum absolute atomic E-state index is 14.3. The van der Waals surface area contributed by atoms with E-state index < -0.39 is 36.4 Å². The van der Waals surface area contributed by atoms with Gasteiger partial charge in [-0.2, -0.15) is 0 Å². The summed E-state index contributed by atoms with van der Waals surface area (Å²) in [6.07, 6.45) is -2.90. The number of nitrogens with two attached hydrogens (primary N) is 1. The van der Waals surface area contributed by atoms with Gasteiger partial charge in [0.2, 0.25) is 17.7 Å². The van der Waals surface area contributed by atoms with E-state index in [1.54, 1.807) is 12.0 Å². The second-order valence-electron chi connectivity index (χ2n) is 12.3. The lowest BCUT2D eigenvalue weighted by atomic mass is 9.82. The summed E-state index contributed by atoms with van der Waals surface area (Å²) in [7, 11) is 3.02. The zero-order valence-corrected chi connectivity index (χ0v) is 27.3.